The van der Waals surface area contributed by atoms with E-state index >= 15 is 0 Å². The van der Waals surface area contributed by atoms with E-state index in [0.717, 1.165) is 0 Å². The number of hydrogen-bond acceptors (Lipinski definition) is 4. The molecule has 1 aromatic rings. The molecule has 1 rings (SSSR count). The Hall–Kier alpha value is -1.36. The van der Waals surface area contributed by atoms with E-state index in [1.165, 1.54) is 6.07 Å². The Kier molecular flexibility index (Phi) is 4.98. The van der Waals surface area contributed by atoms with Gasteiger partial charge in [0.25, 0.3) is 5.56 Å². The van der Waals surface area contributed by atoms with Crippen LogP contribution in [0.4, 0.5) is 5.82 Å². The second kappa shape index (κ2) is 6.27. The molecule has 0 bridgehead atoms. The number of nitrogens with one attached hydrogen (secondary N) is 2. The molecule has 5 nitrogen and oxygen atoms in total. The van der Waals surface area contributed by atoms with Gasteiger partial charge in [-0.15, -0.1) is 0 Å². The maximum absolute atomic E-state index is 11.3. The molecule has 0 amide bonds. The molecular weight excluding hydrogens is 206 g/mol. The normalized spacial score (nSPS) is 10.8. The van der Waals surface area contributed by atoms with Gasteiger partial charge < -0.3 is 15.0 Å². The summed E-state index contributed by atoms with van der Waals surface area (Å²) in [4.78, 5) is 18.4. The van der Waals surface area contributed by atoms with Crippen LogP contribution in [0.15, 0.2) is 10.9 Å². The van der Waals surface area contributed by atoms with Gasteiger partial charge in [0.15, 0.2) is 0 Å². The fraction of sp³-hybridized carbons (Fsp3) is 0.636. The van der Waals surface area contributed by atoms with E-state index in [2.05, 4.69) is 15.3 Å². The van der Waals surface area contributed by atoms with Crippen molar-refractivity contribution in [2.24, 2.45) is 0 Å². The molecule has 1 heterocycles. The summed E-state index contributed by atoms with van der Waals surface area (Å²) in [5, 5.41) is 3.06. The molecule has 16 heavy (non-hydrogen) atoms. The number of rotatable bonds is 6. The molecular formula is C11H19N3O2. The average Bonchev–Trinajstić information content (AvgIpc) is 2.23. The second-order valence-corrected chi connectivity index (χ2v) is 3.79. The molecule has 0 aliphatic carbocycles. The fourth-order valence-electron chi connectivity index (χ4n) is 1.24. The molecule has 2 N–H and O–H groups in total. The summed E-state index contributed by atoms with van der Waals surface area (Å²) in [5.41, 5.74) is -0.127. The van der Waals surface area contributed by atoms with Gasteiger partial charge in [0.1, 0.15) is 11.6 Å². The van der Waals surface area contributed by atoms with Crippen LogP contribution in [-0.4, -0.2) is 29.7 Å². The van der Waals surface area contributed by atoms with Crippen molar-refractivity contribution in [3.8, 4) is 0 Å². The molecule has 0 aromatic carbocycles. The van der Waals surface area contributed by atoms with Crippen molar-refractivity contribution >= 4 is 5.82 Å². The van der Waals surface area contributed by atoms with E-state index in [0.29, 0.717) is 31.4 Å². The SMILES string of the molecule is CCOCCNc1cc(=O)[nH]c(C(C)C)n1. The van der Waals surface area contributed by atoms with E-state index in [9.17, 15) is 4.79 Å². The first-order chi connectivity index (χ1) is 7.63. The minimum atomic E-state index is -0.127. The Morgan fingerprint density at radius 1 is 1.56 bits per heavy atom. The molecule has 0 saturated heterocycles. The average molecular weight is 225 g/mol. The number of ether oxygens (including phenoxy) is 1. The monoisotopic (exact) mass is 225 g/mol. The van der Waals surface area contributed by atoms with Crippen molar-refractivity contribution in [2.45, 2.75) is 26.7 Å². The van der Waals surface area contributed by atoms with Gasteiger partial charge in [0, 0.05) is 25.1 Å². The van der Waals surface area contributed by atoms with Crippen molar-refractivity contribution in [1.29, 1.82) is 0 Å². The van der Waals surface area contributed by atoms with Crippen LogP contribution in [0.1, 0.15) is 32.5 Å². The van der Waals surface area contributed by atoms with Crippen LogP contribution in [-0.2, 0) is 4.74 Å². The Balaban J connectivity index is 2.62. The second-order valence-electron chi connectivity index (χ2n) is 3.79. The molecule has 1 aromatic heterocycles. The molecule has 5 heteroatoms. The van der Waals surface area contributed by atoms with E-state index in [1.54, 1.807) is 0 Å². The molecule has 0 aliphatic heterocycles. The van der Waals surface area contributed by atoms with Gasteiger partial charge in [-0.3, -0.25) is 4.79 Å². The minimum absolute atomic E-state index is 0.127. The van der Waals surface area contributed by atoms with Crippen LogP contribution in [0.5, 0.6) is 0 Å². The van der Waals surface area contributed by atoms with Gasteiger partial charge >= 0.3 is 0 Å². The van der Waals surface area contributed by atoms with E-state index < -0.39 is 0 Å². The first-order valence-corrected chi connectivity index (χ1v) is 5.56. The van der Waals surface area contributed by atoms with Crippen LogP contribution in [0, 0.1) is 0 Å². The lowest BCUT2D eigenvalue weighted by Crippen LogP contribution is -2.16. The number of aromatic nitrogens is 2. The van der Waals surface area contributed by atoms with Crippen LogP contribution in [0.3, 0.4) is 0 Å². The van der Waals surface area contributed by atoms with Crippen molar-refractivity contribution in [3.05, 3.63) is 22.2 Å². The smallest absolute Gasteiger partial charge is 0.252 e. The standard InChI is InChI=1S/C11H19N3O2/c1-4-16-6-5-12-9-7-10(15)14-11(13-9)8(2)3/h7-8H,4-6H2,1-3H3,(H2,12,13,14,15). The highest BCUT2D eigenvalue weighted by Crippen LogP contribution is 2.08. The number of nitrogens with zero attached hydrogens (tertiary/aromatic N) is 1. The summed E-state index contributed by atoms with van der Waals surface area (Å²) in [7, 11) is 0. The van der Waals surface area contributed by atoms with Crippen molar-refractivity contribution < 1.29 is 4.74 Å². The molecule has 0 radical (unpaired) electrons. The Morgan fingerprint density at radius 2 is 2.31 bits per heavy atom. The Morgan fingerprint density at radius 3 is 2.94 bits per heavy atom. The summed E-state index contributed by atoms with van der Waals surface area (Å²) < 4.78 is 5.19. The van der Waals surface area contributed by atoms with E-state index in [4.69, 9.17) is 4.74 Å². The summed E-state index contributed by atoms with van der Waals surface area (Å²) in [6.45, 7) is 7.89. The van der Waals surface area contributed by atoms with Crippen molar-refractivity contribution in [3.63, 3.8) is 0 Å². The van der Waals surface area contributed by atoms with E-state index in [-0.39, 0.29) is 11.5 Å². The lowest BCUT2D eigenvalue weighted by molar-refractivity contribution is 0.158. The largest absolute Gasteiger partial charge is 0.380 e. The summed E-state index contributed by atoms with van der Waals surface area (Å²) >= 11 is 0. The fourth-order valence-corrected chi connectivity index (χ4v) is 1.24. The lowest BCUT2D eigenvalue weighted by atomic mass is 10.2. The highest BCUT2D eigenvalue weighted by molar-refractivity contribution is 5.33. The molecule has 90 valence electrons. The van der Waals surface area contributed by atoms with Gasteiger partial charge in [0.2, 0.25) is 0 Å². The maximum atomic E-state index is 11.3. The van der Waals surface area contributed by atoms with Gasteiger partial charge in [-0.2, -0.15) is 0 Å². The van der Waals surface area contributed by atoms with Gasteiger partial charge in [-0.1, -0.05) is 13.8 Å². The van der Waals surface area contributed by atoms with Crippen LogP contribution in [0.25, 0.3) is 0 Å². The lowest BCUT2D eigenvalue weighted by Gasteiger charge is -2.08. The summed E-state index contributed by atoms with van der Waals surface area (Å²) in [6.07, 6.45) is 0. The minimum Gasteiger partial charge on any atom is -0.380 e. The quantitative estimate of drug-likeness (QED) is 0.717. The predicted octanol–water partition coefficient (Wildman–Crippen LogP) is 1.34. The summed E-state index contributed by atoms with van der Waals surface area (Å²) in [6, 6.07) is 1.46. The maximum Gasteiger partial charge on any atom is 0.252 e. The molecule has 0 fully saturated rings. The first kappa shape index (κ1) is 12.7. The zero-order chi connectivity index (χ0) is 12.0. The Labute approximate surface area is 95.3 Å². The molecule has 0 saturated carbocycles. The van der Waals surface area contributed by atoms with Gasteiger partial charge in [-0.25, -0.2) is 4.98 Å². The summed E-state index contributed by atoms with van der Waals surface area (Å²) in [5.74, 6) is 1.51. The Bertz CT molecular complexity index is 374. The third-order valence-corrected chi connectivity index (χ3v) is 2.06. The molecule has 0 atom stereocenters. The highest BCUT2D eigenvalue weighted by atomic mass is 16.5. The van der Waals surface area contributed by atoms with Crippen LogP contribution in [0.2, 0.25) is 0 Å². The third-order valence-electron chi connectivity index (χ3n) is 2.06. The highest BCUT2D eigenvalue weighted by Gasteiger charge is 2.04. The predicted molar refractivity (Wildman–Crippen MR) is 63.9 cm³/mol. The van der Waals surface area contributed by atoms with Crippen molar-refractivity contribution in [2.75, 3.05) is 25.1 Å². The third kappa shape index (κ3) is 4.02. The van der Waals surface area contributed by atoms with Crippen LogP contribution >= 0.6 is 0 Å². The van der Waals surface area contributed by atoms with Gasteiger partial charge in [-0.05, 0) is 6.92 Å². The molecule has 0 aliphatic rings. The number of H-pyrrole nitrogens is 1. The number of hydrogen-bond donors (Lipinski definition) is 2. The topological polar surface area (TPSA) is 67.0 Å². The van der Waals surface area contributed by atoms with Crippen LogP contribution < -0.4 is 10.9 Å². The van der Waals surface area contributed by atoms with Crippen molar-refractivity contribution in [1.82, 2.24) is 9.97 Å². The van der Waals surface area contributed by atoms with E-state index in [1.807, 2.05) is 20.8 Å². The number of aromatic amines is 1. The molecule has 0 unspecified atom stereocenters. The zero-order valence-corrected chi connectivity index (χ0v) is 10.0. The number of anilines is 1. The first-order valence-electron chi connectivity index (χ1n) is 5.56. The van der Waals surface area contributed by atoms with Gasteiger partial charge in [0.05, 0.1) is 6.61 Å². The zero-order valence-electron chi connectivity index (χ0n) is 10.0. The molecule has 0 spiro atoms.